The molecule has 0 unspecified atom stereocenters. The van der Waals surface area contributed by atoms with Crippen molar-refractivity contribution < 1.29 is 4.42 Å². The molecule has 0 saturated carbocycles. The highest BCUT2D eigenvalue weighted by molar-refractivity contribution is 6.14. The van der Waals surface area contributed by atoms with Gasteiger partial charge in [-0.3, -0.25) is 0 Å². The van der Waals surface area contributed by atoms with Crippen molar-refractivity contribution in [3.05, 3.63) is 152 Å². The van der Waals surface area contributed by atoms with Crippen LogP contribution in [-0.4, -0.2) is 0 Å². The van der Waals surface area contributed by atoms with Gasteiger partial charge in [-0.2, -0.15) is 0 Å². The number of rotatable bonds is 5. The normalized spacial score (nSPS) is 11.2. The Labute approximate surface area is 222 Å². The van der Waals surface area contributed by atoms with Crippen molar-refractivity contribution in [2.45, 2.75) is 0 Å². The largest absolute Gasteiger partial charge is 0.456 e. The predicted octanol–water partition coefficient (Wildman–Crippen LogP) is 10.4. The fourth-order valence-electron chi connectivity index (χ4n) is 5.34. The van der Waals surface area contributed by atoms with E-state index in [0.717, 1.165) is 50.1 Å². The Bertz CT molecular complexity index is 1820. The Balaban J connectivity index is 1.56. The summed E-state index contributed by atoms with van der Waals surface area (Å²) < 4.78 is 6.26. The molecule has 0 bridgehead atoms. The van der Waals surface area contributed by atoms with Gasteiger partial charge in [-0.05, 0) is 59.2 Å². The molecular weight excluding hydrogens is 462 g/mol. The molecule has 0 amide bonds. The lowest BCUT2D eigenvalue weighted by Gasteiger charge is -2.28. The van der Waals surface area contributed by atoms with Gasteiger partial charge < -0.3 is 9.32 Å². The second-order valence-corrected chi connectivity index (χ2v) is 9.38. The van der Waals surface area contributed by atoms with Crippen LogP contribution in [0.5, 0.6) is 0 Å². The fourth-order valence-corrected chi connectivity index (χ4v) is 5.34. The molecular formula is C36H25NO. The van der Waals surface area contributed by atoms with Crippen molar-refractivity contribution in [3.8, 4) is 22.3 Å². The number of hydrogen-bond acceptors (Lipinski definition) is 2. The maximum absolute atomic E-state index is 6.26. The number of para-hydroxylation sites is 3. The fraction of sp³-hybridized carbons (Fsp3) is 0. The Hall–Kier alpha value is -5.08. The summed E-state index contributed by atoms with van der Waals surface area (Å²) in [6, 6.07) is 53.2. The summed E-state index contributed by atoms with van der Waals surface area (Å²) in [5, 5.41) is 2.26. The monoisotopic (exact) mass is 487 g/mol. The van der Waals surface area contributed by atoms with Crippen molar-refractivity contribution in [3.63, 3.8) is 0 Å². The first-order valence-corrected chi connectivity index (χ1v) is 12.9. The number of furan rings is 1. The summed E-state index contributed by atoms with van der Waals surface area (Å²) in [5.74, 6) is 0. The smallest absolute Gasteiger partial charge is 0.136 e. The summed E-state index contributed by atoms with van der Waals surface area (Å²) >= 11 is 0. The van der Waals surface area contributed by atoms with Crippen LogP contribution in [-0.2, 0) is 0 Å². The molecule has 0 spiro atoms. The maximum Gasteiger partial charge on any atom is 0.136 e. The summed E-state index contributed by atoms with van der Waals surface area (Å²) in [5.41, 5.74) is 9.78. The van der Waals surface area contributed by atoms with E-state index in [9.17, 15) is 0 Å². The molecule has 1 aromatic heterocycles. The molecule has 0 saturated heterocycles. The van der Waals surface area contributed by atoms with E-state index in [1.54, 1.807) is 0 Å². The van der Waals surface area contributed by atoms with Gasteiger partial charge in [0.25, 0.3) is 0 Å². The molecule has 38 heavy (non-hydrogen) atoms. The maximum atomic E-state index is 6.26. The average molecular weight is 488 g/mol. The SMILES string of the molecule is c1ccc(-c2ccc(-c3cccc4oc5ccccc5c34)c(N(c3ccccc3)c3ccccc3)c2)cc1. The van der Waals surface area contributed by atoms with Crippen molar-refractivity contribution in [1.82, 2.24) is 0 Å². The van der Waals surface area contributed by atoms with Gasteiger partial charge in [0.1, 0.15) is 11.2 Å². The third kappa shape index (κ3) is 3.84. The van der Waals surface area contributed by atoms with Gasteiger partial charge in [0, 0.05) is 27.7 Å². The van der Waals surface area contributed by atoms with E-state index in [4.69, 9.17) is 4.42 Å². The van der Waals surface area contributed by atoms with Gasteiger partial charge in [-0.1, -0.05) is 109 Å². The third-order valence-electron chi connectivity index (χ3n) is 7.07. The zero-order valence-corrected chi connectivity index (χ0v) is 20.8. The first kappa shape index (κ1) is 22.1. The van der Waals surface area contributed by atoms with E-state index in [1.807, 2.05) is 12.1 Å². The highest BCUT2D eigenvalue weighted by Crippen LogP contribution is 2.45. The predicted molar refractivity (Wildman–Crippen MR) is 159 cm³/mol. The first-order valence-electron chi connectivity index (χ1n) is 12.9. The molecule has 0 radical (unpaired) electrons. The van der Waals surface area contributed by atoms with Crippen LogP contribution in [0.15, 0.2) is 156 Å². The zero-order chi connectivity index (χ0) is 25.3. The van der Waals surface area contributed by atoms with E-state index in [1.165, 1.54) is 11.1 Å². The summed E-state index contributed by atoms with van der Waals surface area (Å²) in [7, 11) is 0. The molecule has 0 N–H and O–H groups in total. The van der Waals surface area contributed by atoms with Crippen LogP contribution in [0.25, 0.3) is 44.2 Å². The number of hydrogen-bond donors (Lipinski definition) is 0. The van der Waals surface area contributed by atoms with E-state index >= 15 is 0 Å². The van der Waals surface area contributed by atoms with Crippen LogP contribution in [0.4, 0.5) is 17.1 Å². The highest BCUT2D eigenvalue weighted by atomic mass is 16.3. The van der Waals surface area contributed by atoms with E-state index < -0.39 is 0 Å². The summed E-state index contributed by atoms with van der Waals surface area (Å²) in [6.07, 6.45) is 0. The molecule has 6 aromatic carbocycles. The van der Waals surface area contributed by atoms with E-state index in [2.05, 4.69) is 144 Å². The lowest BCUT2D eigenvalue weighted by Crippen LogP contribution is -2.11. The quantitative estimate of drug-likeness (QED) is 0.240. The molecule has 0 atom stereocenters. The van der Waals surface area contributed by atoms with Crippen molar-refractivity contribution >= 4 is 39.0 Å². The van der Waals surface area contributed by atoms with Crippen LogP contribution >= 0.6 is 0 Å². The lowest BCUT2D eigenvalue weighted by molar-refractivity contribution is 0.669. The van der Waals surface area contributed by atoms with Crippen LogP contribution in [0.3, 0.4) is 0 Å². The molecule has 0 aliphatic heterocycles. The van der Waals surface area contributed by atoms with Gasteiger partial charge >= 0.3 is 0 Å². The van der Waals surface area contributed by atoms with Crippen LogP contribution < -0.4 is 4.90 Å². The van der Waals surface area contributed by atoms with Gasteiger partial charge in [-0.15, -0.1) is 0 Å². The van der Waals surface area contributed by atoms with Crippen molar-refractivity contribution in [1.29, 1.82) is 0 Å². The Kier molecular flexibility index (Phi) is 5.49. The lowest BCUT2D eigenvalue weighted by atomic mass is 9.94. The third-order valence-corrected chi connectivity index (χ3v) is 7.07. The minimum atomic E-state index is 0.896. The number of fused-ring (bicyclic) bond motifs is 3. The standard InChI is InChI=1S/C36H25NO/c1-4-13-26(14-5-1)27-23-24-30(31-20-12-22-35-36(31)32-19-10-11-21-34(32)38-35)33(25-27)37(28-15-6-2-7-16-28)29-17-8-3-9-18-29/h1-25H. The molecule has 2 heteroatoms. The van der Waals surface area contributed by atoms with Crippen molar-refractivity contribution in [2.75, 3.05) is 4.90 Å². The molecule has 2 nitrogen and oxygen atoms in total. The number of anilines is 3. The average Bonchev–Trinajstić information content (AvgIpc) is 3.38. The highest BCUT2D eigenvalue weighted by Gasteiger charge is 2.21. The Morgan fingerprint density at radius 3 is 1.74 bits per heavy atom. The second kappa shape index (κ2) is 9.42. The van der Waals surface area contributed by atoms with Gasteiger partial charge in [0.2, 0.25) is 0 Å². The van der Waals surface area contributed by atoms with Crippen LogP contribution in [0.2, 0.25) is 0 Å². The molecule has 1 heterocycles. The minimum Gasteiger partial charge on any atom is -0.456 e. The van der Waals surface area contributed by atoms with Gasteiger partial charge in [0.05, 0.1) is 5.69 Å². The minimum absolute atomic E-state index is 0.896. The van der Waals surface area contributed by atoms with Crippen LogP contribution in [0, 0.1) is 0 Å². The zero-order valence-electron chi connectivity index (χ0n) is 20.8. The van der Waals surface area contributed by atoms with Gasteiger partial charge in [0.15, 0.2) is 0 Å². The molecule has 0 aliphatic carbocycles. The number of nitrogens with zero attached hydrogens (tertiary/aromatic N) is 1. The summed E-state index contributed by atoms with van der Waals surface area (Å²) in [4.78, 5) is 2.35. The van der Waals surface area contributed by atoms with Crippen LogP contribution in [0.1, 0.15) is 0 Å². The summed E-state index contributed by atoms with van der Waals surface area (Å²) in [6.45, 7) is 0. The topological polar surface area (TPSA) is 16.4 Å². The molecule has 0 fully saturated rings. The van der Waals surface area contributed by atoms with Gasteiger partial charge in [-0.25, -0.2) is 0 Å². The van der Waals surface area contributed by atoms with E-state index in [-0.39, 0.29) is 0 Å². The Morgan fingerprint density at radius 1 is 0.421 bits per heavy atom. The molecule has 7 rings (SSSR count). The van der Waals surface area contributed by atoms with E-state index in [0.29, 0.717) is 0 Å². The molecule has 180 valence electrons. The molecule has 0 aliphatic rings. The first-order chi connectivity index (χ1) is 18.9. The van der Waals surface area contributed by atoms with Crippen molar-refractivity contribution in [2.24, 2.45) is 0 Å². The Morgan fingerprint density at radius 2 is 1.03 bits per heavy atom. The second-order valence-electron chi connectivity index (χ2n) is 9.38. The number of benzene rings is 6. The molecule has 7 aromatic rings.